The van der Waals surface area contributed by atoms with E-state index >= 15 is 0 Å². The number of benzene rings is 1. The van der Waals surface area contributed by atoms with Gasteiger partial charge in [0.05, 0.1) is 6.61 Å². The van der Waals surface area contributed by atoms with E-state index in [4.69, 9.17) is 10.5 Å². The Morgan fingerprint density at radius 1 is 1.20 bits per heavy atom. The normalized spacial score (nSPS) is 16.2. The Kier molecular flexibility index (Phi) is 6.57. The number of unbranched alkanes of at least 4 members (excludes halogenated alkanes) is 1. The van der Waals surface area contributed by atoms with Gasteiger partial charge in [-0.05, 0) is 25.0 Å². The fourth-order valence-corrected chi connectivity index (χ4v) is 2.91. The van der Waals surface area contributed by atoms with Gasteiger partial charge in [-0.2, -0.15) is 11.8 Å². The van der Waals surface area contributed by atoms with Gasteiger partial charge in [-0.15, -0.1) is 0 Å². The van der Waals surface area contributed by atoms with Crippen LogP contribution in [0, 0.1) is 0 Å². The van der Waals surface area contributed by atoms with Crippen LogP contribution in [0.15, 0.2) is 35.3 Å². The van der Waals surface area contributed by atoms with Gasteiger partial charge in [-0.1, -0.05) is 18.2 Å². The van der Waals surface area contributed by atoms with E-state index in [2.05, 4.69) is 9.89 Å². The van der Waals surface area contributed by atoms with Crippen LogP contribution in [0.5, 0.6) is 5.75 Å². The summed E-state index contributed by atoms with van der Waals surface area (Å²) < 4.78 is 5.64. The Bertz CT molecular complexity index is 405. The minimum Gasteiger partial charge on any atom is -0.494 e. The quantitative estimate of drug-likeness (QED) is 0.496. The number of nitrogens with zero attached hydrogens (tertiary/aromatic N) is 2. The van der Waals surface area contributed by atoms with E-state index in [1.165, 1.54) is 0 Å². The molecule has 2 rings (SSSR count). The van der Waals surface area contributed by atoms with E-state index in [0.717, 1.165) is 56.3 Å². The molecule has 0 aromatic heterocycles. The minimum absolute atomic E-state index is 0.703. The fraction of sp³-hybridized carbons (Fsp3) is 0.533. The second kappa shape index (κ2) is 8.74. The van der Waals surface area contributed by atoms with Crippen LogP contribution in [0.2, 0.25) is 0 Å². The smallest absolute Gasteiger partial charge is 0.191 e. The molecule has 20 heavy (non-hydrogen) atoms. The number of ether oxygens (including phenoxy) is 1. The van der Waals surface area contributed by atoms with E-state index in [9.17, 15) is 0 Å². The fourth-order valence-electron chi connectivity index (χ4n) is 2.01. The summed E-state index contributed by atoms with van der Waals surface area (Å²) in [5.41, 5.74) is 5.99. The zero-order valence-electron chi connectivity index (χ0n) is 11.8. The molecule has 0 bridgehead atoms. The molecule has 1 aromatic carbocycles. The largest absolute Gasteiger partial charge is 0.494 e. The Morgan fingerprint density at radius 3 is 2.70 bits per heavy atom. The Labute approximate surface area is 125 Å². The van der Waals surface area contributed by atoms with Crippen molar-refractivity contribution in [3.8, 4) is 5.75 Å². The first-order chi connectivity index (χ1) is 9.86. The Morgan fingerprint density at radius 2 is 1.95 bits per heavy atom. The van der Waals surface area contributed by atoms with E-state index in [1.54, 1.807) is 0 Å². The number of nitrogens with two attached hydrogens (primary N) is 1. The second-order valence-electron chi connectivity index (χ2n) is 4.71. The van der Waals surface area contributed by atoms with Crippen molar-refractivity contribution in [3.63, 3.8) is 0 Å². The lowest BCUT2D eigenvalue weighted by Gasteiger charge is -2.27. The summed E-state index contributed by atoms with van der Waals surface area (Å²) in [4.78, 5) is 6.63. The molecule has 0 amide bonds. The molecular weight excluding hydrogens is 270 g/mol. The zero-order valence-corrected chi connectivity index (χ0v) is 12.6. The van der Waals surface area contributed by atoms with Gasteiger partial charge in [0.1, 0.15) is 5.75 Å². The number of hydrogen-bond donors (Lipinski definition) is 1. The molecule has 110 valence electrons. The number of thioether (sulfide) groups is 1. The molecule has 4 nitrogen and oxygen atoms in total. The highest BCUT2D eigenvalue weighted by molar-refractivity contribution is 7.99. The van der Waals surface area contributed by atoms with Gasteiger partial charge in [0.15, 0.2) is 5.96 Å². The van der Waals surface area contributed by atoms with Crippen molar-refractivity contribution < 1.29 is 4.74 Å². The van der Waals surface area contributed by atoms with E-state index in [1.807, 2.05) is 42.1 Å². The van der Waals surface area contributed by atoms with Crippen LogP contribution < -0.4 is 10.5 Å². The molecule has 0 saturated carbocycles. The first kappa shape index (κ1) is 15.0. The van der Waals surface area contributed by atoms with Gasteiger partial charge in [0, 0.05) is 31.1 Å². The average molecular weight is 293 g/mol. The molecule has 1 aliphatic rings. The standard InChI is InChI=1S/C15H23N3OS/c16-15(18-9-12-20-13-10-18)17-8-4-5-11-19-14-6-2-1-3-7-14/h1-3,6-7H,4-5,8-13H2,(H2,16,17). The second-order valence-corrected chi connectivity index (χ2v) is 5.93. The van der Waals surface area contributed by atoms with Gasteiger partial charge in [-0.25, -0.2) is 0 Å². The maximum Gasteiger partial charge on any atom is 0.191 e. The van der Waals surface area contributed by atoms with Crippen molar-refractivity contribution in [2.24, 2.45) is 10.7 Å². The van der Waals surface area contributed by atoms with Crippen molar-refractivity contribution in [2.75, 3.05) is 37.7 Å². The molecule has 0 radical (unpaired) electrons. The first-order valence-electron chi connectivity index (χ1n) is 7.17. The number of rotatable bonds is 6. The van der Waals surface area contributed by atoms with E-state index in [-0.39, 0.29) is 0 Å². The molecule has 1 aliphatic heterocycles. The Balaban J connectivity index is 1.56. The third kappa shape index (κ3) is 5.33. The summed E-state index contributed by atoms with van der Waals surface area (Å²) in [6.45, 7) is 3.57. The lowest BCUT2D eigenvalue weighted by Crippen LogP contribution is -2.42. The summed E-state index contributed by atoms with van der Waals surface area (Å²) in [6.07, 6.45) is 2.01. The number of hydrogen-bond acceptors (Lipinski definition) is 3. The highest BCUT2D eigenvalue weighted by Gasteiger charge is 2.11. The molecule has 0 spiro atoms. The lowest BCUT2D eigenvalue weighted by molar-refractivity contribution is 0.308. The minimum atomic E-state index is 0.703. The molecule has 5 heteroatoms. The molecule has 2 N–H and O–H groups in total. The molecule has 0 atom stereocenters. The van der Waals surface area contributed by atoms with Gasteiger partial charge >= 0.3 is 0 Å². The van der Waals surface area contributed by atoms with Gasteiger partial charge < -0.3 is 15.4 Å². The van der Waals surface area contributed by atoms with Gasteiger partial charge in [0.2, 0.25) is 0 Å². The van der Waals surface area contributed by atoms with Crippen LogP contribution in [0.3, 0.4) is 0 Å². The van der Waals surface area contributed by atoms with Crippen LogP contribution in [-0.2, 0) is 0 Å². The first-order valence-corrected chi connectivity index (χ1v) is 8.32. The van der Waals surface area contributed by atoms with Crippen LogP contribution in [0.4, 0.5) is 0 Å². The highest BCUT2D eigenvalue weighted by atomic mass is 32.2. The SMILES string of the molecule is NC(=NCCCCOc1ccccc1)N1CCSCC1. The maximum atomic E-state index is 5.99. The third-order valence-corrected chi connectivity index (χ3v) is 4.12. The topological polar surface area (TPSA) is 50.9 Å². The van der Waals surface area contributed by atoms with Crippen LogP contribution in [-0.4, -0.2) is 48.6 Å². The van der Waals surface area contributed by atoms with Crippen molar-refractivity contribution >= 4 is 17.7 Å². The number of para-hydroxylation sites is 1. The summed E-state index contributed by atoms with van der Waals surface area (Å²) >= 11 is 1.98. The average Bonchev–Trinajstić information content (AvgIpc) is 2.52. The molecular formula is C15H23N3OS. The predicted octanol–water partition coefficient (Wildman–Crippen LogP) is 2.21. The van der Waals surface area contributed by atoms with Gasteiger partial charge in [0.25, 0.3) is 0 Å². The predicted molar refractivity (Wildman–Crippen MR) is 86.6 cm³/mol. The van der Waals surface area contributed by atoms with Crippen molar-refractivity contribution in [1.82, 2.24) is 4.90 Å². The van der Waals surface area contributed by atoms with E-state index in [0.29, 0.717) is 5.96 Å². The van der Waals surface area contributed by atoms with Crippen molar-refractivity contribution in [1.29, 1.82) is 0 Å². The Hall–Kier alpha value is -1.36. The molecule has 1 heterocycles. The third-order valence-electron chi connectivity index (χ3n) is 3.17. The molecule has 1 saturated heterocycles. The van der Waals surface area contributed by atoms with Crippen LogP contribution >= 0.6 is 11.8 Å². The monoisotopic (exact) mass is 293 g/mol. The van der Waals surface area contributed by atoms with Crippen LogP contribution in [0.25, 0.3) is 0 Å². The molecule has 0 unspecified atom stereocenters. The zero-order chi connectivity index (χ0) is 14.0. The van der Waals surface area contributed by atoms with Crippen molar-refractivity contribution in [2.45, 2.75) is 12.8 Å². The summed E-state index contributed by atoms with van der Waals surface area (Å²) in [6, 6.07) is 9.91. The van der Waals surface area contributed by atoms with Gasteiger partial charge in [-0.3, -0.25) is 4.99 Å². The molecule has 1 fully saturated rings. The van der Waals surface area contributed by atoms with Crippen molar-refractivity contribution in [3.05, 3.63) is 30.3 Å². The molecule has 0 aliphatic carbocycles. The number of guanidine groups is 1. The summed E-state index contributed by atoms with van der Waals surface area (Å²) in [7, 11) is 0. The number of aliphatic imine (C=N–C) groups is 1. The van der Waals surface area contributed by atoms with E-state index < -0.39 is 0 Å². The summed E-state index contributed by atoms with van der Waals surface area (Å²) in [5.74, 6) is 3.94. The summed E-state index contributed by atoms with van der Waals surface area (Å²) in [5, 5.41) is 0. The highest BCUT2D eigenvalue weighted by Crippen LogP contribution is 2.09. The maximum absolute atomic E-state index is 5.99. The van der Waals surface area contributed by atoms with Crippen LogP contribution in [0.1, 0.15) is 12.8 Å². The lowest BCUT2D eigenvalue weighted by atomic mass is 10.3. The molecule has 1 aromatic rings.